The lowest BCUT2D eigenvalue weighted by Crippen LogP contribution is -2.57. The molecular weight excluding hydrogens is 166 g/mol. The number of nitrogens with zero attached hydrogens (tertiary/aromatic N) is 3. The molecule has 70 valence electrons. The molecule has 0 bridgehead atoms. The van der Waals surface area contributed by atoms with Crippen LogP contribution < -0.4 is 0 Å². The minimum Gasteiger partial charge on any atom is -0.376 e. The number of rotatable bonds is 2. The number of hydrogen-bond donors (Lipinski definition) is 3. The summed E-state index contributed by atoms with van der Waals surface area (Å²) in [6, 6.07) is -0.495. The molecule has 12 heavy (non-hydrogen) atoms. The number of hydroxylamine groups is 2. The molecule has 0 aromatic heterocycles. The Hall–Kier alpha value is -0.890. The summed E-state index contributed by atoms with van der Waals surface area (Å²) in [4.78, 5) is 13.1. The molecule has 0 unspecified atom stereocenters. The van der Waals surface area contributed by atoms with E-state index in [2.05, 4.69) is 0 Å². The summed E-state index contributed by atoms with van der Waals surface area (Å²) in [6.45, 7) is -1.06. The predicted octanol–water partition coefficient (Wildman–Crippen LogP) is -1.77. The molecule has 3 N–H and O–H groups in total. The summed E-state index contributed by atoms with van der Waals surface area (Å²) in [5.41, 5.74) is 0. The summed E-state index contributed by atoms with van der Waals surface area (Å²) in [6.07, 6.45) is 0. The maximum Gasteiger partial charge on any atom is 0.325 e. The first-order valence-electron chi connectivity index (χ1n) is 3.38. The van der Waals surface area contributed by atoms with E-state index < -0.39 is 19.5 Å². The number of aliphatic hydroxyl groups is 2. The molecule has 0 aromatic carbocycles. The minimum atomic E-state index is -0.495. The van der Waals surface area contributed by atoms with Crippen molar-refractivity contribution in [3.8, 4) is 0 Å². The number of urea groups is 1. The molecule has 7 heteroatoms. The molecule has 1 aliphatic rings. The number of carbonyl (C=O) groups is 1. The predicted molar refractivity (Wildman–Crippen MR) is 36.6 cm³/mol. The molecule has 1 saturated heterocycles. The zero-order valence-corrected chi connectivity index (χ0v) is 6.42. The Labute approximate surface area is 69.0 Å². The Bertz CT molecular complexity index is 160. The highest BCUT2D eigenvalue weighted by Crippen LogP contribution is 2.05. The van der Waals surface area contributed by atoms with Crippen LogP contribution in [0.3, 0.4) is 0 Å². The second kappa shape index (κ2) is 3.68. The molecule has 1 rings (SSSR count). The lowest BCUT2D eigenvalue weighted by atomic mass is 10.6. The van der Waals surface area contributed by atoms with Crippen molar-refractivity contribution in [1.82, 2.24) is 14.9 Å². The topological polar surface area (TPSA) is 87.5 Å². The van der Waals surface area contributed by atoms with Crippen LogP contribution >= 0.6 is 0 Å². The van der Waals surface area contributed by atoms with E-state index in [1.807, 2.05) is 0 Å². The van der Waals surface area contributed by atoms with E-state index in [4.69, 9.17) is 15.4 Å². The van der Waals surface area contributed by atoms with Gasteiger partial charge in [0.15, 0.2) is 0 Å². The van der Waals surface area contributed by atoms with Gasteiger partial charge in [-0.2, -0.15) is 5.06 Å². The van der Waals surface area contributed by atoms with Gasteiger partial charge in [0.05, 0.1) is 0 Å². The first-order valence-corrected chi connectivity index (χ1v) is 3.38. The van der Waals surface area contributed by atoms with Gasteiger partial charge < -0.3 is 15.4 Å². The summed E-state index contributed by atoms with van der Waals surface area (Å²) < 4.78 is 0. The van der Waals surface area contributed by atoms with Crippen LogP contribution in [0.2, 0.25) is 0 Å². The SMILES string of the molecule is O=C1N(CO)CN(O)CN1CO. The van der Waals surface area contributed by atoms with E-state index in [0.29, 0.717) is 0 Å². The molecule has 2 amide bonds. The van der Waals surface area contributed by atoms with Crippen LogP contribution in [0, 0.1) is 0 Å². The van der Waals surface area contributed by atoms with E-state index in [0.717, 1.165) is 14.9 Å². The van der Waals surface area contributed by atoms with Gasteiger partial charge in [-0.3, -0.25) is 9.80 Å². The molecule has 0 aromatic rings. The van der Waals surface area contributed by atoms with E-state index in [9.17, 15) is 4.79 Å². The van der Waals surface area contributed by atoms with Gasteiger partial charge in [-0.25, -0.2) is 4.79 Å². The molecule has 7 nitrogen and oxygen atoms in total. The Kier molecular flexibility index (Phi) is 2.82. The molecule has 1 heterocycles. The highest BCUT2D eigenvalue weighted by molar-refractivity contribution is 5.74. The number of aliphatic hydroxyl groups excluding tert-OH is 2. The summed E-state index contributed by atoms with van der Waals surface area (Å²) in [5, 5.41) is 27.1. The number of carbonyl (C=O) groups excluding carboxylic acids is 1. The second-order valence-electron chi connectivity index (χ2n) is 2.43. The van der Waals surface area contributed by atoms with E-state index in [-0.39, 0.29) is 13.3 Å². The monoisotopic (exact) mass is 177 g/mol. The van der Waals surface area contributed by atoms with Crippen molar-refractivity contribution in [2.75, 3.05) is 26.8 Å². The van der Waals surface area contributed by atoms with E-state index >= 15 is 0 Å². The van der Waals surface area contributed by atoms with Crippen LogP contribution in [0.15, 0.2) is 0 Å². The van der Waals surface area contributed by atoms with Gasteiger partial charge in [0.1, 0.15) is 26.8 Å². The molecule has 0 aliphatic carbocycles. The zero-order valence-electron chi connectivity index (χ0n) is 6.42. The van der Waals surface area contributed by atoms with Crippen LogP contribution in [-0.4, -0.2) is 63.1 Å². The van der Waals surface area contributed by atoms with Crippen LogP contribution in [0.4, 0.5) is 4.79 Å². The van der Waals surface area contributed by atoms with Crippen LogP contribution in [-0.2, 0) is 0 Å². The van der Waals surface area contributed by atoms with Crippen molar-refractivity contribution in [2.45, 2.75) is 0 Å². The van der Waals surface area contributed by atoms with Gasteiger partial charge in [-0.15, -0.1) is 0 Å². The summed E-state index contributed by atoms with van der Waals surface area (Å²) >= 11 is 0. The van der Waals surface area contributed by atoms with Gasteiger partial charge in [0.25, 0.3) is 0 Å². The quantitative estimate of drug-likeness (QED) is 0.464. The van der Waals surface area contributed by atoms with Gasteiger partial charge >= 0.3 is 6.03 Å². The van der Waals surface area contributed by atoms with Crippen LogP contribution in [0.1, 0.15) is 0 Å². The maximum absolute atomic E-state index is 11.1. The third kappa shape index (κ3) is 1.64. The van der Waals surface area contributed by atoms with Crippen molar-refractivity contribution >= 4 is 6.03 Å². The Morgan fingerprint density at radius 1 is 1.17 bits per heavy atom. The molecule has 0 saturated carbocycles. The van der Waals surface area contributed by atoms with Crippen LogP contribution in [0.25, 0.3) is 0 Å². The Balaban J connectivity index is 2.61. The van der Waals surface area contributed by atoms with Crippen molar-refractivity contribution in [3.05, 3.63) is 0 Å². The van der Waals surface area contributed by atoms with Crippen molar-refractivity contribution in [3.63, 3.8) is 0 Å². The Morgan fingerprint density at radius 2 is 1.58 bits per heavy atom. The average Bonchev–Trinajstić information content (AvgIpc) is 2.08. The molecule has 0 radical (unpaired) electrons. The standard InChI is InChI=1S/C5H11N3O4/c9-3-6-1-8(12)2-7(4-10)5(6)11/h9-10,12H,1-4H2. The normalized spacial score (nSPS) is 20.4. The fraction of sp³-hybridized carbons (Fsp3) is 0.800. The van der Waals surface area contributed by atoms with Crippen molar-refractivity contribution < 1.29 is 20.2 Å². The molecule has 0 spiro atoms. The lowest BCUT2D eigenvalue weighted by Gasteiger charge is -2.37. The summed E-state index contributed by atoms with van der Waals surface area (Å²) in [7, 11) is 0. The molecule has 0 atom stereocenters. The molecular formula is C5H11N3O4. The lowest BCUT2D eigenvalue weighted by molar-refractivity contribution is -0.177. The van der Waals surface area contributed by atoms with Crippen LogP contribution in [0.5, 0.6) is 0 Å². The van der Waals surface area contributed by atoms with Gasteiger partial charge in [-0.05, 0) is 0 Å². The second-order valence-corrected chi connectivity index (χ2v) is 2.43. The fourth-order valence-corrected chi connectivity index (χ4v) is 0.970. The van der Waals surface area contributed by atoms with Crippen molar-refractivity contribution in [1.29, 1.82) is 0 Å². The Morgan fingerprint density at radius 3 is 1.92 bits per heavy atom. The zero-order chi connectivity index (χ0) is 9.14. The highest BCUT2D eigenvalue weighted by atomic mass is 16.5. The summed E-state index contributed by atoms with van der Waals surface area (Å²) in [5.74, 6) is 0. The maximum atomic E-state index is 11.1. The van der Waals surface area contributed by atoms with Gasteiger partial charge in [-0.1, -0.05) is 0 Å². The largest absolute Gasteiger partial charge is 0.376 e. The van der Waals surface area contributed by atoms with E-state index in [1.54, 1.807) is 0 Å². The first kappa shape index (κ1) is 9.20. The number of amides is 2. The average molecular weight is 177 g/mol. The molecule has 1 aliphatic heterocycles. The first-order chi connectivity index (χ1) is 5.69. The third-order valence-electron chi connectivity index (χ3n) is 1.55. The third-order valence-corrected chi connectivity index (χ3v) is 1.55. The minimum absolute atomic E-state index is 0.0498. The van der Waals surface area contributed by atoms with Crippen molar-refractivity contribution in [2.24, 2.45) is 0 Å². The number of hydrogen-bond acceptors (Lipinski definition) is 5. The smallest absolute Gasteiger partial charge is 0.325 e. The van der Waals surface area contributed by atoms with Gasteiger partial charge in [0, 0.05) is 0 Å². The highest BCUT2D eigenvalue weighted by Gasteiger charge is 2.28. The fourth-order valence-electron chi connectivity index (χ4n) is 0.970. The van der Waals surface area contributed by atoms with Gasteiger partial charge in [0.2, 0.25) is 0 Å². The molecule has 1 fully saturated rings. The van der Waals surface area contributed by atoms with E-state index in [1.165, 1.54) is 0 Å².